The van der Waals surface area contributed by atoms with Crippen LogP contribution >= 0.6 is 0 Å². The standard InChI is InChI=1S/C18H25NO7/c1-18(2,3)26-17(22)19-15(16(21)24-5)14(20)11-25-10-12-6-8-13(23-4)9-7-12/h6-9,15H,10-11H2,1-5H3,(H,19,22). The number of alkyl carbamates (subject to hydrolysis) is 1. The van der Waals surface area contributed by atoms with E-state index in [1.807, 2.05) is 0 Å². The first-order valence-corrected chi connectivity index (χ1v) is 7.97. The third-order valence-electron chi connectivity index (χ3n) is 3.09. The first-order valence-electron chi connectivity index (χ1n) is 7.97. The number of hydrogen-bond acceptors (Lipinski definition) is 7. The average Bonchev–Trinajstić information content (AvgIpc) is 2.58. The molecule has 0 bridgehead atoms. The fourth-order valence-electron chi connectivity index (χ4n) is 1.89. The highest BCUT2D eigenvalue weighted by Crippen LogP contribution is 2.12. The van der Waals surface area contributed by atoms with Gasteiger partial charge in [0.2, 0.25) is 0 Å². The van der Waals surface area contributed by atoms with Crippen LogP contribution in [0.4, 0.5) is 4.79 Å². The lowest BCUT2D eigenvalue weighted by molar-refractivity contribution is -0.147. The third-order valence-corrected chi connectivity index (χ3v) is 3.09. The number of ketones is 1. The predicted molar refractivity (Wildman–Crippen MR) is 92.8 cm³/mol. The monoisotopic (exact) mass is 367 g/mol. The summed E-state index contributed by atoms with van der Waals surface area (Å²) in [5.41, 5.74) is 0.0619. The quantitative estimate of drug-likeness (QED) is 0.553. The largest absolute Gasteiger partial charge is 0.497 e. The van der Waals surface area contributed by atoms with Crippen molar-refractivity contribution in [2.75, 3.05) is 20.8 Å². The number of methoxy groups -OCH3 is 2. The minimum atomic E-state index is -1.49. The molecule has 0 aliphatic rings. The summed E-state index contributed by atoms with van der Waals surface area (Å²) in [4.78, 5) is 35.8. The Bertz CT molecular complexity index is 619. The maximum Gasteiger partial charge on any atom is 0.408 e. The number of amides is 1. The molecule has 8 heteroatoms. The van der Waals surface area contributed by atoms with Gasteiger partial charge >= 0.3 is 12.1 Å². The van der Waals surface area contributed by atoms with Crippen LogP contribution in [-0.2, 0) is 30.4 Å². The van der Waals surface area contributed by atoms with E-state index >= 15 is 0 Å². The molecule has 0 aliphatic carbocycles. The lowest BCUT2D eigenvalue weighted by Gasteiger charge is -2.22. The van der Waals surface area contributed by atoms with Crippen LogP contribution in [-0.4, -0.2) is 50.3 Å². The summed E-state index contributed by atoms with van der Waals surface area (Å²) in [6, 6.07) is 5.62. The number of nitrogens with one attached hydrogen (secondary N) is 1. The van der Waals surface area contributed by atoms with Gasteiger partial charge in [0.15, 0.2) is 11.8 Å². The Balaban J connectivity index is 2.59. The third kappa shape index (κ3) is 7.52. The van der Waals surface area contributed by atoms with Gasteiger partial charge in [-0.1, -0.05) is 12.1 Å². The molecule has 1 N–H and O–H groups in total. The van der Waals surface area contributed by atoms with Crippen LogP contribution < -0.4 is 10.1 Å². The summed E-state index contributed by atoms with van der Waals surface area (Å²) < 4.78 is 20.0. The number of hydrogen-bond donors (Lipinski definition) is 1. The van der Waals surface area contributed by atoms with Crippen molar-refractivity contribution in [2.45, 2.75) is 39.0 Å². The molecule has 1 atom stereocenters. The number of ether oxygens (including phenoxy) is 4. The molecule has 0 saturated carbocycles. The second-order valence-corrected chi connectivity index (χ2v) is 6.41. The Labute approximate surface area is 152 Å². The number of carbonyl (C=O) groups excluding carboxylic acids is 3. The second-order valence-electron chi connectivity index (χ2n) is 6.41. The van der Waals surface area contributed by atoms with E-state index in [1.165, 1.54) is 0 Å². The van der Waals surface area contributed by atoms with Gasteiger partial charge in [-0.2, -0.15) is 0 Å². The zero-order chi connectivity index (χ0) is 19.7. The van der Waals surface area contributed by atoms with Gasteiger partial charge < -0.3 is 24.3 Å². The molecule has 0 aliphatic heterocycles. The van der Waals surface area contributed by atoms with E-state index in [4.69, 9.17) is 14.2 Å². The molecule has 1 unspecified atom stereocenters. The van der Waals surface area contributed by atoms with E-state index in [0.29, 0.717) is 5.75 Å². The van der Waals surface area contributed by atoms with Gasteiger partial charge in [0, 0.05) is 0 Å². The zero-order valence-electron chi connectivity index (χ0n) is 15.7. The number of Topliss-reactive ketones (excluding diaryl/α,β-unsaturated/α-hetero) is 1. The highest BCUT2D eigenvalue weighted by molar-refractivity contribution is 6.05. The molecule has 1 amide bonds. The van der Waals surface area contributed by atoms with E-state index in [9.17, 15) is 14.4 Å². The van der Waals surface area contributed by atoms with Gasteiger partial charge in [-0.25, -0.2) is 9.59 Å². The molecule has 1 aromatic rings. The Morgan fingerprint density at radius 3 is 2.19 bits per heavy atom. The number of carbonyl (C=O) groups is 3. The Morgan fingerprint density at radius 1 is 1.08 bits per heavy atom. The van der Waals surface area contributed by atoms with Gasteiger partial charge in [0.1, 0.15) is 18.0 Å². The Kier molecular flexibility index (Phi) is 8.05. The molecule has 26 heavy (non-hydrogen) atoms. The van der Waals surface area contributed by atoms with Crippen LogP contribution in [0.3, 0.4) is 0 Å². The predicted octanol–water partition coefficient (Wildman–Crippen LogP) is 1.85. The Hall–Kier alpha value is -2.61. The zero-order valence-corrected chi connectivity index (χ0v) is 15.7. The van der Waals surface area contributed by atoms with Crippen LogP contribution in [0.5, 0.6) is 5.75 Å². The summed E-state index contributed by atoms with van der Waals surface area (Å²) in [5, 5.41) is 2.21. The molecule has 0 spiro atoms. The average molecular weight is 367 g/mol. The van der Waals surface area contributed by atoms with Crippen molar-refractivity contribution < 1.29 is 33.3 Å². The van der Waals surface area contributed by atoms with Crippen LogP contribution in [0.15, 0.2) is 24.3 Å². The lowest BCUT2D eigenvalue weighted by atomic mass is 10.2. The normalized spacial score (nSPS) is 12.0. The van der Waals surface area contributed by atoms with Crippen molar-refractivity contribution in [1.82, 2.24) is 5.32 Å². The van der Waals surface area contributed by atoms with Gasteiger partial charge in [-0.3, -0.25) is 4.79 Å². The molecular weight excluding hydrogens is 342 g/mol. The van der Waals surface area contributed by atoms with Crippen LogP contribution in [0.1, 0.15) is 26.3 Å². The molecule has 0 saturated heterocycles. The van der Waals surface area contributed by atoms with E-state index in [2.05, 4.69) is 10.1 Å². The van der Waals surface area contributed by atoms with Crippen molar-refractivity contribution in [2.24, 2.45) is 0 Å². The van der Waals surface area contributed by atoms with E-state index in [1.54, 1.807) is 52.1 Å². The smallest absolute Gasteiger partial charge is 0.408 e. The molecular formula is C18H25NO7. The second kappa shape index (κ2) is 9.76. The summed E-state index contributed by atoms with van der Waals surface area (Å²) in [6.45, 7) is 4.79. The maximum absolute atomic E-state index is 12.2. The van der Waals surface area contributed by atoms with E-state index < -0.39 is 29.5 Å². The molecule has 0 fully saturated rings. The van der Waals surface area contributed by atoms with Gasteiger partial charge in [0.05, 0.1) is 20.8 Å². The minimum absolute atomic E-state index is 0.163. The first-order chi connectivity index (χ1) is 12.2. The fraction of sp³-hybridized carbons (Fsp3) is 0.500. The van der Waals surface area contributed by atoms with Crippen LogP contribution in [0.2, 0.25) is 0 Å². The topological polar surface area (TPSA) is 100 Å². The highest BCUT2D eigenvalue weighted by Gasteiger charge is 2.31. The molecule has 8 nitrogen and oxygen atoms in total. The van der Waals surface area contributed by atoms with Gasteiger partial charge in [-0.15, -0.1) is 0 Å². The van der Waals surface area contributed by atoms with Crippen molar-refractivity contribution in [3.63, 3.8) is 0 Å². The van der Waals surface area contributed by atoms with Crippen molar-refractivity contribution in [1.29, 1.82) is 0 Å². The lowest BCUT2D eigenvalue weighted by Crippen LogP contribution is -2.49. The van der Waals surface area contributed by atoms with E-state index in [0.717, 1.165) is 12.7 Å². The fourth-order valence-corrected chi connectivity index (χ4v) is 1.89. The molecule has 0 radical (unpaired) electrons. The van der Waals surface area contributed by atoms with E-state index in [-0.39, 0.29) is 13.2 Å². The summed E-state index contributed by atoms with van der Waals surface area (Å²) in [5.74, 6) is -0.831. The summed E-state index contributed by atoms with van der Waals surface area (Å²) >= 11 is 0. The van der Waals surface area contributed by atoms with Gasteiger partial charge in [0.25, 0.3) is 0 Å². The number of rotatable bonds is 8. The summed E-state index contributed by atoms with van der Waals surface area (Å²) in [7, 11) is 2.69. The van der Waals surface area contributed by atoms with Crippen molar-refractivity contribution >= 4 is 17.8 Å². The Morgan fingerprint density at radius 2 is 1.69 bits per heavy atom. The van der Waals surface area contributed by atoms with Gasteiger partial charge in [-0.05, 0) is 38.5 Å². The SMILES string of the molecule is COC(=O)C(NC(=O)OC(C)(C)C)C(=O)COCc1ccc(OC)cc1. The molecule has 0 heterocycles. The minimum Gasteiger partial charge on any atom is -0.497 e. The first kappa shape index (κ1) is 21.4. The molecule has 1 aromatic carbocycles. The number of benzene rings is 1. The maximum atomic E-state index is 12.2. The molecule has 1 rings (SSSR count). The van der Waals surface area contributed by atoms with Crippen molar-refractivity contribution in [3.05, 3.63) is 29.8 Å². The highest BCUT2D eigenvalue weighted by atomic mass is 16.6. The van der Waals surface area contributed by atoms with Crippen molar-refractivity contribution in [3.8, 4) is 5.75 Å². The number of esters is 1. The molecule has 0 aromatic heterocycles. The molecule has 144 valence electrons. The van der Waals surface area contributed by atoms with Crippen LogP contribution in [0.25, 0.3) is 0 Å². The van der Waals surface area contributed by atoms with Crippen LogP contribution in [0, 0.1) is 0 Å². The summed E-state index contributed by atoms with van der Waals surface area (Å²) in [6.07, 6.45) is -0.892.